The minimum Gasteiger partial charge on any atom is -0.336 e. The average molecular weight is 428 g/mol. The molecule has 1 atom stereocenters. The van der Waals surface area contributed by atoms with Crippen LogP contribution in [0.25, 0.3) is 5.65 Å². The van der Waals surface area contributed by atoms with Crippen molar-refractivity contribution in [3.8, 4) is 0 Å². The van der Waals surface area contributed by atoms with Gasteiger partial charge in [0.25, 0.3) is 5.56 Å². The Hall–Kier alpha value is -2.64. The van der Waals surface area contributed by atoms with E-state index in [4.69, 9.17) is 4.98 Å². The Morgan fingerprint density at radius 2 is 1.74 bits per heavy atom. The van der Waals surface area contributed by atoms with E-state index in [1.165, 1.54) is 4.52 Å². The van der Waals surface area contributed by atoms with Gasteiger partial charge in [0.05, 0.1) is 24.0 Å². The Kier molecular flexibility index (Phi) is 5.02. The summed E-state index contributed by atoms with van der Waals surface area (Å²) in [7, 11) is 0. The van der Waals surface area contributed by atoms with Crippen molar-refractivity contribution in [1.82, 2.24) is 24.4 Å². The Balaban J connectivity index is 1.69. The Labute approximate surface area is 182 Å². The van der Waals surface area contributed by atoms with Gasteiger partial charge in [0, 0.05) is 35.5 Å². The molecule has 2 aliphatic rings. The number of hydrogen-bond donors (Lipinski definition) is 1. The van der Waals surface area contributed by atoms with Crippen LogP contribution in [-0.2, 0) is 22.6 Å². The molecular weight excluding hydrogens is 394 g/mol. The van der Waals surface area contributed by atoms with Gasteiger partial charge in [-0.05, 0) is 19.3 Å². The lowest BCUT2D eigenvalue weighted by Gasteiger charge is -2.32. The van der Waals surface area contributed by atoms with Crippen molar-refractivity contribution in [3.05, 3.63) is 33.4 Å². The molecule has 0 unspecified atom stereocenters. The second-order valence-corrected chi connectivity index (χ2v) is 10.9. The van der Waals surface area contributed by atoms with Crippen molar-refractivity contribution < 1.29 is 9.59 Å². The van der Waals surface area contributed by atoms with E-state index in [1.54, 1.807) is 4.90 Å². The summed E-state index contributed by atoms with van der Waals surface area (Å²) in [6, 6.07) is 1.80. The maximum Gasteiger partial charge on any atom is 0.276 e. The molecule has 0 saturated carbocycles. The SMILES string of the molecule is CC(C)(C)C(=O)N1CCc2c(nc3cc([C@@H]4CCCN4C(=O)C(C)(C)C)[nH]n3c2=O)C1. The fraction of sp³-hybridized carbons (Fsp3) is 0.652. The summed E-state index contributed by atoms with van der Waals surface area (Å²) < 4.78 is 1.49. The van der Waals surface area contributed by atoms with Crippen LogP contribution in [0.5, 0.6) is 0 Å². The lowest BCUT2D eigenvalue weighted by Crippen LogP contribution is -2.44. The highest BCUT2D eigenvalue weighted by molar-refractivity contribution is 5.82. The summed E-state index contributed by atoms with van der Waals surface area (Å²) in [5.41, 5.74) is 1.69. The number of carbonyl (C=O) groups is 2. The number of H-pyrrole nitrogens is 1. The molecule has 1 N–H and O–H groups in total. The predicted molar refractivity (Wildman–Crippen MR) is 118 cm³/mol. The van der Waals surface area contributed by atoms with E-state index in [9.17, 15) is 14.4 Å². The number of fused-ring (bicyclic) bond motifs is 2. The third-order valence-corrected chi connectivity index (χ3v) is 6.23. The van der Waals surface area contributed by atoms with Crippen molar-refractivity contribution in [3.63, 3.8) is 0 Å². The van der Waals surface area contributed by atoms with Crippen LogP contribution in [0.3, 0.4) is 0 Å². The monoisotopic (exact) mass is 427 g/mol. The highest BCUT2D eigenvalue weighted by Crippen LogP contribution is 2.35. The number of aromatic amines is 1. The third kappa shape index (κ3) is 3.77. The van der Waals surface area contributed by atoms with E-state index in [0.717, 1.165) is 25.1 Å². The fourth-order valence-corrected chi connectivity index (χ4v) is 4.59. The average Bonchev–Trinajstić information content (AvgIpc) is 3.31. The predicted octanol–water partition coefficient (Wildman–Crippen LogP) is 2.66. The summed E-state index contributed by atoms with van der Waals surface area (Å²) in [6.45, 7) is 13.1. The maximum atomic E-state index is 13.2. The van der Waals surface area contributed by atoms with Gasteiger partial charge in [-0.2, -0.15) is 0 Å². The Bertz CT molecular complexity index is 1100. The van der Waals surface area contributed by atoms with Gasteiger partial charge in [-0.15, -0.1) is 0 Å². The van der Waals surface area contributed by atoms with Gasteiger partial charge in [0.1, 0.15) is 0 Å². The Morgan fingerprint density at radius 3 is 2.39 bits per heavy atom. The van der Waals surface area contributed by atoms with Gasteiger partial charge in [-0.25, -0.2) is 9.50 Å². The first-order valence-corrected chi connectivity index (χ1v) is 11.1. The molecular formula is C23H33N5O3. The number of nitrogens with zero attached hydrogens (tertiary/aromatic N) is 4. The maximum absolute atomic E-state index is 13.2. The van der Waals surface area contributed by atoms with Gasteiger partial charge < -0.3 is 9.80 Å². The summed E-state index contributed by atoms with van der Waals surface area (Å²) in [5.74, 6) is 0.182. The van der Waals surface area contributed by atoms with E-state index in [0.29, 0.717) is 36.4 Å². The van der Waals surface area contributed by atoms with Crippen LogP contribution in [0.1, 0.15) is 77.4 Å². The highest BCUT2D eigenvalue weighted by Gasteiger charge is 2.37. The molecule has 2 aromatic rings. The number of amides is 2. The molecule has 4 rings (SSSR count). The van der Waals surface area contributed by atoms with E-state index < -0.39 is 10.8 Å². The lowest BCUT2D eigenvalue weighted by molar-refractivity contribution is -0.141. The van der Waals surface area contributed by atoms with E-state index >= 15 is 0 Å². The van der Waals surface area contributed by atoms with Crippen LogP contribution >= 0.6 is 0 Å². The van der Waals surface area contributed by atoms with Crippen LogP contribution < -0.4 is 5.56 Å². The topological polar surface area (TPSA) is 90.8 Å². The molecule has 0 spiro atoms. The van der Waals surface area contributed by atoms with Crippen molar-refractivity contribution >= 4 is 17.5 Å². The fourth-order valence-electron chi connectivity index (χ4n) is 4.59. The summed E-state index contributed by atoms with van der Waals surface area (Å²) in [5, 5.41) is 3.22. The molecule has 168 valence electrons. The molecule has 1 saturated heterocycles. The number of carbonyl (C=O) groups excluding carboxylic acids is 2. The molecule has 0 radical (unpaired) electrons. The standard InChI is InChI=1S/C23H33N5O3/c1-22(2,3)20(30)26-11-9-14-16(13-26)24-18-12-15(25-28(18)19(14)29)17-8-7-10-27(17)21(31)23(4,5)6/h12,17,25H,7-11,13H2,1-6H3/t17-/m0/s1. The van der Waals surface area contributed by atoms with Gasteiger partial charge in [0.15, 0.2) is 5.65 Å². The van der Waals surface area contributed by atoms with Gasteiger partial charge in [-0.1, -0.05) is 41.5 Å². The van der Waals surface area contributed by atoms with Gasteiger partial charge in [0.2, 0.25) is 11.8 Å². The van der Waals surface area contributed by atoms with Crippen molar-refractivity contribution in [2.75, 3.05) is 13.1 Å². The molecule has 2 aliphatic heterocycles. The van der Waals surface area contributed by atoms with Crippen molar-refractivity contribution in [2.24, 2.45) is 10.8 Å². The van der Waals surface area contributed by atoms with Gasteiger partial charge >= 0.3 is 0 Å². The summed E-state index contributed by atoms with van der Waals surface area (Å²) >= 11 is 0. The first kappa shape index (κ1) is 21.6. The van der Waals surface area contributed by atoms with E-state index in [2.05, 4.69) is 5.10 Å². The van der Waals surface area contributed by atoms with Crippen LogP contribution in [0.2, 0.25) is 0 Å². The van der Waals surface area contributed by atoms with E-state index in [-0.39, 0.29) is 23.4 Å². The minimum atomic E-state index is -0.469. The second-order valence-electron chi connectivity index (χ2n) is 10.9. The quantitative estimate of drug-likeness (QED) is 0.758. The molecule has 2 aromatic heterocycles. The van der Waals surface area contributed by atoms with Crippen LogP contribution in [-0.4, -0.2) is 49.3 Å². The molecule has 0 bridgehead atoms. The number of rotatable bonds is 1. The molecule has 1 fully saturated rings. The van der Waals surface area contributed by atoms with Crippen LogP contribution in [0.15, 0.2) is 10.9 Å². The van der Waals surface area contributed by atoms with Crippen molar-refractivity contribution in [1.29, 1.82) is 0 Å². The van der Waals surface area contributed by atoms with E-state index in [1.807, 2.05) is 52.5 Å². The summed E-state index contributed by atoms with van der Waals surface area (Å²) in [6.07, 6.45) is 2.29. The van der Waals surface area contributed by atoms with Crippen LogP contribution in [0, 0.1) is 10.8 Å². The third-order valence-electron chi connectivity index (χ3n) is 6.23. The first-order chi connectivity index (χ1) is 14.4. The molecule has 8 nitrogen and oxygen atoms in total. The normalized spacial score (nSPS) is 19.7. The largest absolute Gasteiger partial charge is 0.336 e. The smallest absolute Gasteiger partial charge is 0.276 e. The molecule has 0 aromatic carbocycles. The number of likely N-dealkylation sites (tertiary alicyclic amines) is 1. The summed E-state index contributed by atoms with van der Waals surface area (Å²) in [4.78, 5) is 47.2. The highest BCUT2D eigenvalue weighted by atomic mass is 16.2. The van der Waals surface area contributed by atoms with Crippen molar-refractivity contribution in [2.45, 2.75) is 73.4 Å². The lowest BCUT2D eigenvalue weighted by atomic mass is 9.93. The zero-order chi connectivity index (χ0) is 22.7. The molecule has 2 amide bonds. The van der Waals surface area contributed by atoms with Crippen LogP contribution in [0.4, 0.5) is 0 Å². The number of aromatic nitrogens is 3. The van der Waals surface area contributed by atoms with Gasteiger partial charge in [-0.3, -0.25) is 19.5 Å². The zero-order valence-corrected chi connectivity index (χ0v) is 19.4. The molecule has 8 heteroatoms. The minimum absolute atomic E-state index is 0.0668. The first-order valence-electron chi connectivity index (χ1n) is 11.1. The zero-order valence-electron chi connectivity index (χ0n) is 19.4. The molecule has 4 heterocycles. The molecule has 0 aliphatic carbocycles. The molecule has 31 heavy (non-hydrogen) atoms. The Morgan fingerprint density at radius 1 is 1.06 bits per heavy atom. The number of hydrogen-bond acceptors (Lipinski definition) is 4. The number of nitrogens with one attached hydrogen (secondary N) is 1. The second kappa shape index (κ2) is 7.21.